The van der Waals surface area contributed by atoms with Gasteiger partial charge < -0.3 is 10.4 Å². The van der Waals surface area contributed by atoms with Crippen LogP contribution in [0.1, 0.15) is 12.5 Å². The van der Waals surface area contributed by atoms with Crippen molar-refractivity contribution in [3.63, 3.8) is 0 Å². The monoisotopic (exact) mass is 248 g/mol. The van der Waals surface area contributed by atoms with Gasteiger partial charge in [0.1, 0.15) is 12.1 Å². The van der Waals surface area contributed by atoms with Crippen molar-refractivity contribution in [2.75, 3.05) is 6.54 Å². The summed E-state index contributed by atoms with van der Waals surface area (Å²) >= 11 is 0. The summed E-state index contributed by atoms with van der Waals surface area (Å²) in [4.78, 5) is 24.3. The second-order valence-corrected chi connectivity index (χ2v) is 4.50. The number of hydrogen-bond donors (Lipinski definition) is 2. The third kappa shape index (κ3) is 3.07. The first-order chi connectivity index (χ1) is 8.58. The van der Waals surface area contributed by atoms with Gasteiger partial charge in [-0.15, -0.1) is 0 Å². The highest BCUT2D eigenvalue weighted by Gasteiger charge is 2.40. The van der Waals surface area contributed by atoms with E-state index >= 15 is 0 Å². The predicted molar refractivity (Wildman–Crippen MR) is 65.9 cm³/mol. The molecule has 0 radical (unpaired) electrons. The van der Waals surface area contributed by atoms with Crippen molar-refractivity contribution in [2.45, 2.75) is 25.6 Å². The van der Waals surface area contributed by atoms with E-state index in [9.17, 15) is 9.59 Å². The Labute approximate surface area is 105 Å². The summed E-state index contributed by atoms with van der Waals surface area (Å²) in [5, 5.41) is 11.2. The predicted octanol–water partition coefficient (Wildman–Crippen LogP) is 0.460. The molecule has 18 heavy (non-hydrogen) atoms. The first-order valence-corrected chi connectivity index (χ1v) is 5.89. The molecule has 0 saturated carbocycles. The second kappa shape index (κ2) is 5.18. The van der Waals surface area contributed by atoms with E-state index in [2.05, 4.69) is 5.32 Å². The molecule has 5 nitrogen and oxygen atoms in total. The summed E-state index contributed by atoms with van der Waals surface area (Å²) in [5.74, 6) is -1.22. The molecule has 1 aromatic carbocycles. The number of nitrogens with zero attached hydrogens (tertiary/aromatic N) is 1. The fourth-order valence-corrected chi connectivity index (χ4v) is 1.79. The summed E-state index contributed by atoms with van der Waals surface area (Å²) in [6.45, 7) is 2.87. The lowest BCUT2D eigenvalue weighted by Gasteiger charge is -2.09. The molecule has 5 heteroatoms. The number of carbonyl (C=O) groups excluding carboxylic acids is 1. The fraction of sp³-hybridized carbons (Fsp3) is 0.385. The Morgan fingerprint density at radius 2 is 2.11 bits per heavy atom. The summed E-state index contributed by atoms with van der Waals surface area (Å²) < 4.78 is 0. The molecule has 1 fully saturated rings. The molecule has 3 unspecified atom stereocenters. The van der Waals surface area contributed by atoms with Crippen LogP contribution in [0, 0.1) is 0 Å². The zero-order valence-corrected chi connectivity index (χ0v) is 10.2. The van der Waals surface area contributed by atoms with E-state index in [0.29, 0.717) is 6.54 Å². The van der Waals surface area contributed by atoms with Crippen molar-refractivity contribution < 1.29 is 14.7 Å². The smallest absolute Gasteiger partial charge is 0.325 e. The van der Waals surface area contributed by atoms with E-state index < -0.39 is 12.0 Å². The highest BCUT2D eigenvalue weighted by molar-refractivity contribution is 5.88. The van der Waals surface area contributed by atoms with Crippen LogP contribution >= 0.6 is 0 Å². The number of carbonyl (C=O) groups is 2. The Morgan fingerprint density at radius 1 is 1.44 bits per heavy atom. The molecule has 0 bridgehead atoms. The molecule has 0 spiro atoms. The molecule has 2 N–H and O–H groups in total. The minimum atomic E-state index is -1.02. The van der Waals surface area contributed by atoms with E-state index in [4.69, 9.17) is 5.11 Å². The number of rotatable bonds is 5. The van der Waals surface area contributed by atoms with Crippen LogP contribution in [0.25, 0.3) is 0 Å². The average Bonchev–Trinajstić information content (AvgIpc) is 3.09. The molecule has 1 aliphatic rings. The molecule has 0 aromatic heterocycles. The minimum absolute atomic E-state index is 0.188. The summed E-state index contributed by atoms with van der Waals surface area (Å²) in [5.41, 5.74) is 1.15. The molecule has 3 atom stereocenters. The van der Waals surface area contributed by atoms with Gasteiger partial charge in [0.15, 0.2) is 0 Å². The highest BCUT2D eigenvalue weighted by Crippen LogP contribution is 2.21. The average molecular weight is 248 g/mol. The zero-order chi connectivity index (χ0) is 13.1. The van der Waals surface area contributed by atoms with Crippen LogP contribution in [0.4, 0.5) is 0 Å². The standard InChI is InChI=1S/C13H16N2O3/c1-9(13(17)18)14-12(16)11-8-15(11)7-10-5-3-2-4-6-10/h2-6,9,11H,7-8H2,1H3,(H,14,16)(H,17,18). The lowest BCUT2D eigenvalue weighted by atomic mass is 10.2. The van der Waals surface area contributed by atoms with Crippen LogP contribution in [0.2, 0.25) is 0 Å². The molecule has 2 rings (SSSR count). The zero-order valence-electron chi connectivity index (χ0n) is 10.2. The summed E-state index contributed by atoms with van der Waals surface area (Å²) in [6.07, 6.45) is 0. The van der Waals surface area contributed by atoms with E-state index in [1.54, 1.807) is 0 Å². The molecule has 1 heterocycles. The number of hydrogen-bond acceptors (Lipinski definition) is 3. The maximum atomic E-state index is 11.7. The number of carboxylic acid groups (broad SMARTS) is 1. The quantitative estimate of drug-likeness (QED) is 0.743. The second-order valence-electron chi connectivity index (χ2n) is 4.50. The number of nitrogens with one attached hydrogen (secondary N) is 1. The molecule has 1 amide bonds. The Morgan fingerprint density at radius 3 is 2.72 bits per heavy atom. The maximum absolute atomic E-state index is 11.7. The first kappa shape index (κ1) is 12.6. The minimum Gasteiger partial charge on any atom is -0.480 e. The molecule has 1 aliphatic heterocycles. The molecular weight excluding hydrogens is 232 g/mol. The van der Waals surface area contributed by atoms with E-state index in [-0.39, 0.29) is 11.9 Å². The van der Waals surface area contributed by atoms with Gasteiger partial charge in [-0.3, -0.25) is 14.5 Å². The topological polar surface area (TPSA) is 69.4 Å². The maximum Gasteiger partial charge on any atom is 0.325 e. The number of carboxylic acids is 1. The fourth-order valence-electron chi connectivity index (χ4n) is 1.79. The van der Waals surface area contributed by atoms with Crippen molar-refractivity contribution in [1.29, 1.82) is 0 Å². The van der Waals surface area contributed by atoms with Crippen LogP contribution in [0.5, 0.6) is 0 Å². The van der Waals surface area contributed by atoms with Crippen LogP contribution in [0.15, 0.2) is 30.3 Å². The van der Waals surface area contributed by atoms with Crippen molar-refractivity contribution in [1.82, 2.24) is 10.2 Å². The van der Waals surface area contributed by atoms with Gasteiger partial charge in [-0.1, -0.05) is 30.3 Å². The molecule has 96 valence electrons. The molecule has 0 aliphatic carbocycles. The van der Waals surface area contributed by atoms with Gasteiger partial charge in [0, 0.05) is 13.1 Å². The van der Waals surface area contributed by atoms with Gasteiger partial charge in [-0.2, -0.15) is 0 Å². The van der Waals surface area contributed by atoms with Crippen LogP contribution in [-0.4, -0.2) is 40.5 Å². The Kier molecular flexibility index (Phi) is 3.62. The van der Waals surface area contributed by atoms with Crippen LogP contribution in [-0.2, 0) is 16.1 Å². The van der Waals surface area contributed by atoms with Gasteiger partial charge in [0.25, 0.3) is 0 Å². The summed E-state index contributed by atoms with van der Waals surface area (Å²) in [7, 11) is 0. The first-order valence-electron chi connectivity index (χ1n) is 5.89. The summed E-state index contributed by atoms with van der Waals surface area (Å²) in [6, 6.07) is 8.86. The lowest BCUT2D eigenvalue weighted by molar-refractivity contribution is -0.141. The van der Waals surface area contributed by atoms with E-state index in [0.717, 1.165) is 12.1 Å². The van der Waals surface area contributed by atoms with Gasteiger partial charge in [0.05, 0.1) is 0 Å². The van der Waals surface area contributed by atoms with Gasteiger partial charge in [0.2, 0.25) is 5.91 Å². The number of aliphatic carboxylic acids is 1. The molecule has 1 saturated heterocycles. The third-order valence-electron chi connectivity index (χ3n) is 2.97. The Hall–Kier alpha value is -1.88. The lowest BCUT2D eigenvalue weighted by Crippen LogP contribution is -2.41. The van der Waals surface area contributed by atoms with Gasteiger partial charge in [-0.25, -0.2) is 0 Å². The van der Waals surface area contributed by atoms with E-state index in [1.807, 2.05) is 35.2 Å². The van der Waals surface area contributed by atoms with Crippen molar-refractivity contribution in [3.8, 4) is 0 Å². The normalized spacial score (nSPS) is 23.2. The van der Waals surface area contributed by atoms with E-state index in [1.165, 1.54) is 6.92 Å². The Balaban J connectivity index is 1.81. The van der Waals surface area contributed by atoms with Crippen LogP contribution in [0.3, 0.4) is 0 Å². The van der Waals surface area contributed by atoms with Crippen molar-refractivity contribution in [3.05, 3.63) is 35.9 Å². The molecule has 1 aromatic rings. The van der Waals surface area contributed by atoms with Gasteiger partial charge >= 0.3 is 5.97 Å². The van der Waals surface area contributed by atoms with Gasteiger partial charge in [-0.05, 0) is 12.5 Å². The van der Waals surface area contributed by atoms with Crippen LogP contribution < -0.4 is 5.32 Å². The van der Waals surface area contributed by atoms with Crippen molar-refractivity contribution in [2.24, 2.45) is 0 Å². The molecular formula is C13H16N2O3. The SMILES string of the molecule is CC(NC(=O)C1CN1Cc1ccccc1)C(=O)O. The number of amides is 1. The Bertz CT molecular complexity index is 447. The largest absolute Gasteiger partial charge is 0.480 e. The highest BCUT2D eigenvalue weighted by atomic mass is 16.4. The third-order valence-corrected chi connectivity index (χ3v) is 2.97. The number of benzene rings is 1. The van der Waals surface area contributed by atoms with Crippen molar-refractivity contribution >= 4 is 11.9 Å².